The van der Waals surface area contributed by atoms with Gasteiger partial charge in [-0.05, 0) is 31.9 Å². The lowest BCUT2D eigenvalue weighted by atomic mass is 9.96. The third-order valence-corrected chi connectivity index (χ3v) is 4.88. The van der Waals surface area contributed by atoms with Crippen LogP contribution in [-0.2, 0) is 4.79 Å². The van der Waals surface area contributed by atoms with Crippen molar-refractivity contribution in [2.45, 2.75) is 44.3 Å². The second kappa shape index (κ2) is 5.37. The Bertz CT molecular complexity index is 664. The molecule has 0 radical (unpaired) electrons. The van der Waals surface area contributed by atoms with E-state index in [-0.39, 0.29) is 18.0 Å². The van der Waals surface area contributed by atoms with Gasteiger partial charge in [0.05, 0.1) is 17.1 Å². The van der Waals surface area contributed by atoms with Crippen molar-refractivity contribution in [1.82, 2.24) is 26.1 Å². The average molecular weight is 299 g/mol. The molecule has 1 aliphatic carbocycles. The molecule has 4 N–H and O–H groups in total. The maximum absolute atomic E-state index is 12.5. The second-order valence-corrected chi connectivity index (χ2v) is 6.34. The molecule has 2 aliphatic rings. The van der Waals surface area contributed by atoms with Crippen LogP contribution in [0.15, 0.2) is 24.3 Å². The highest BCUT2D eigenvalue weighted by molar-refractivity contribution is 5.83. The molecule has 2 heterocycles. The van der Waals surface area contributed by atoms with E-state index in [9.17, 15) is 4.79 Å². The van der Waals surface area contributed by atoms with Gasteiger partial charge in [0.1, 0.15) is 11.9 Å². The van der Waals surface area contributed by atoms with Crippen molar-refractivity contribution in [3.05, 3.63) is 30.1 Å². The quantitative estimate of drug-likeness (QED) is 0.690. The third kappa shape index (κ3) is 2.28. The molecule has 6 heteroatoms. The van der Waals surface area contributed by atoms with Gasteiger partial charge in [-0.3, -0.25) is 10.2 Å². The van der Waals surface area contributed by atoms with Crippen LogP contribution >= 0.6 is 0 Å². The van der Waals surface area contributed by atoms with Gasteiger partial charge in [0.25, 0.3) is 0 Å². The lowest BCUT2D eigenvalue weighted by molar-refractivity contribution is -0.124. The maximum atomic E-state index is 12.5. The summed E-state index contributed by atoms with van der Waals surface area (Å²) in [5.41, 5.74) is 8.32. The molecule has 1 amide bonds. The summed E-state index contributed by atoms with van der Waals surface area (Å²) in [4.78, 5) is 20.4. The highest BCUT2D eigenvalue weighted by Crippen LogP contribution is 2.31. The first-order valence-corrected chi connectivity index (χ1v) is 7.98. The summed E-state index contributed by atoms with van der Waals surface area (Å²) >= 11 is 0. The van der Waals surface area contributed by atoms with Crippen LogP contribution in [0.2, 0.25) is 0 Å². The predicted octanol–water partition coefficient (Wildman–Crippen LogP) is 1.39. The first-order chi connectivity index (χ1) is 10.7. The number of imidazole rings is 1. The van der Waals surface area contributed by atoms with Gasteiger partial charge in [0.15, 0.2) is 0 Å². The van der Waals surface area contributed by atoms with E-state index in [4.69, 9.17) is 0 Å². The van der Waals surface area contributed by atoms with E-state index < -0.39 is 0 Å². The van der Waals surface area contributed by atoms with Gasteiger partial charge in [0.2, 0.25) is 5.91 Å². The van der Waals surface area contributed by atoms with Gasteiger partial charge in [-0.25, -0.2) is 10.4 Å². The third-order valence-electron chi connectivity index (χ3n) is 4.88. The number of carbonyl (C=O) groups is 1. The molecule has 6 nitrogen and oxygen atoms in total. The molecule has 1 aliphatic heterocycles. The van der Waals surface area contributed by atoms with E-state index in [0.717, 1.165) is 29.7 Å². The minimum atomic E-state index is -0.140. The number of carbonyl (C=O) groups excluding carboxylic acids is 1. The summed E-state index contributed by atoms with van der Waals surface area (Å²) in [6.07, 6.45) is 3.47. The normalized spacial score (nSPS) is 28.7. The molecule has 0 spiro atoms. The van der Waals surface area contributed by atoms with Gasteiger partial charge in [-0.2, -0.15) is 0 Å². The van der Waals surface area contributed by atoms with Gasteiger partial charge < -0.3 is 10.3 Å². The van der Waals surface area contributed by atoms with E-state index in [2.05, 4.69) is 26.1 Å². The van der Waals surface area contributed by atoms with Gasteiger partial charge >= 0.3 is 0 Å². The number of hydrogen-bond acceptors (Lipinski definition) is 4. The molecule has 116 valence electrons. The molecular weight excluding hydrogens is 278 g/mol. The molecule has 4 atom stereocenters. The van der Waals surface area contributed by atoms with Crippen molar-refractivity contribution in [2.24, 2.45) is 5.92 Å². The van der Waals surface area contributed by atoms with E-state index in [0.29, 0.717) is 12.0 Å². The molecule has 2 aromatic rings. The van der Waals surface area contributed by atoms with Crippen molar-refractivity contribution in [2.75, 3.05) is 0 Å². The van der Waals surface area contributed by atoms with Crippen molar-refractivity contribution in [1.29, 1.82) is 0 Å². The Hall–Kier alpha value is -1.92. The molecule has 1 aromatic carbocycles. The first kappa shape index (κ1) is 13.7. The molecule has 2 fully saturated rings. The smallest absolute Gasteiger partial charge is 0.239 e. The Balaban J connectivity index is 1.47. The van der Waals surface area contributed by atoms with Crippen molar-refractivity contribution < 1.29 is 4.79 Å². The number of nitrogens with zero attached hydrogens (tertiary/aromatic N) is 1. The zero-order valence-electron chi connectivity index (χ0n) is 12.6. The summed E-state index contributed by atoms with van der Waals surface area (Å²) in [5.74, 6) is 1.25. The number of fused-ring (bicyclic) bond motifs is 2. The van der Waals surface area contributed by atoms with Crippen LogP contribution < -0.4 is 16.2 Å². The summed E-state index contributed by atoms with van der Waals surface area (Å²) < 4.78 is 0. The standard InChI is InChI=1S/C16H21N5O/c1-9(15-18-12-6-2-3-7-13(12)19-15)17-16(22)14-10-5-4-8-11(10)20-21-14/h2-3,6-7,9-11,14,20-21H,4-5,8H2,1H3,(H,17,22)(H,18,19). The first-order valence-electron chi connectivity index (χ1n) is 7.98. The summed E-state index contributed by atoms with van der Waals surface area (Å²) in [6, 6.07) is 8.06. The number of amides is 1. The summed E-state index contributed by atoms with van der Waals surface area (Å²) in [5, 5.41) is 3.08. The Kier molecular flexibility index (Phi) is 3.35. The number of hydrogen-bond donors (Lipinski definition) is 4. The van der Waals surface area contributed by atoms with E-state index in [1.54, 1.807) is 0 Å². The van der Waals surface area contributed by atoms with Gasteiger partial charge in [0, 0.05) is 12.0 Å². The van der Waals surface area contributed by atoms with Crippen LogP contribution in [0.3, 0.4) is 0 Å². The summed E-state index contributed by atoms with van der Waals surface area (Å²) in [6.45, 7) is 1.96. The number of nitrogens with one attached hydrogen (secondary N) is 4. The Morgan fingerprint density at radius 1 is 1.32 bits per heavy atom. The van der Waals surface area contributed by atoms with Crippen LogP contribution in [0.4, 0.5) is 0 Å². The van der Waals surface area contributed by atoms with Crippen LogP contribution in [-0.4, -0.2) is 28.0 Å². The minimum Gasteiger partial charge on any atom is -0.345 e. The highest BCUT2D eigenvalue weighted by Gasteiger charge is 2.42. The number of aromatic amines is 1. The number of aromatic nitrogens is 2. The molecule has 1 saturated carbocycles. The van der Waals surface area contributed by atoms with E-state index in [1.165, 1.54) is 6.42 Å². The van der Waals surface area contributed by atoms with Crippen molar-refractivity contribution in [3.63, 3.8) is 0 Å². The predicted molar refractivity (Wildman–Crippen MR) is 83.8 cm³/mol. The monoisotopic (exact) mass is 299 g/mol. The molecule has 22 heavy (non-hydrogen) atoms. The maximum Gasteiger partial charge on any atom is 0.239 e. The number of para-hydroxylation sites is 2. The van der Waals surface area contributed by atoms with Crippen molar-refractivity contribution in [3.8, 4) is 0 Å². The topological polar surface area (TPSA) is 81.8 Å². The highest BCUT2D eigenvalue weighted by atomic mass is 16.2. The van der Waals surface area contributed by atoms with Gasteiger partial charge in [-0.1, -0.05) is 18.6 Å². The fourth-order valence-corrected chi connectivity index (χ4v) is 3.68. The Labute approximate surface area is 129 Å². The molecule has 0 bridgehead atoms. The van der Waals surface area contributed by atoms with Gasteiger partial charge in [-0.15, -0.1) is 0 Å². The number of hydrazine groups is 1. The lowest BCUT2D eigenvalue weighted by Crippen LogP contribution is -2.46. The number of rotatable bonds is 3. The van der Waals surface area contributed by atoms with Crippen LogP contribution in [0.1, 0.15) is 38.1 Å². The molecule has 1 saturated heterocycles. The molecule has 1 aromatic heterocycles. The average Bonchev–Trinajstić information content (AvgIpc) is 3.21. The van der Waals surface area contributed by atoms with Crippen LogP contribution in [0.5, 0.6) is 0 Å². The molecular formula is C16H21N5O. The van der Waals surface area contributed by atoms with Crippen LogP contribution in [0, 0.1) is 5.92 Å². The zero-order valence-corrected chi connectivity index (χ0v) is 12.6. The SMILES string of the molecule is CC(NC(=O)C1NNC2CCCC21)c1nc2ccccc2[nH]1. The summed E-state index contributed by atoms with van der Waals surface area (Å²) in [7, 11) is 0. The van der Waals surface area contributed by atoms with Crippen molar-refractivity contribution >= 4 is 16.9 Å². The molecule has 4 unspecified atom stereocenters. The molecule has 4 rings (SSSR count). The lowest BCUT2D eigenvalue weighted by Gasteiger charge is -2.19. The van der Waals surface area contributed by atoms with Crippen LogP contribution in [0.25, 0.3) is 11.0 Å². The number of H-pyrrole nitrogens is 1. The van der Waals surface area contributed by atoms with E-state index >= 15 is 0 Å². The zero-order chi connectivity index (χ0) is 15.1. The Morgan fingerprint density at radius 3 is 3.05 bits per heavy atom. The fourth-order valence-electron chi connectivity index (χ4n) is 3.68. The second-order valence-electron chi connectivity index (χ2n) is 6.34. The Morgan fingerprint density at radius 2 is 2.18 bits per heavy atom. The largest absolute Gasteiger partial charge is 0.345 e. The fraction of sp³-hybridized carbons (Fsp3) is 0.500. The van der Waals surface area contributed by atoms with E-state index in [1.807, 2.05) is 31.2 Å². The minimum absolute atomic E-state index is 0.0508. The number of benzene rings is 1.